The molecule has 1 aromatic rings. The lowest BCUT2D eigenvalue weighted by Crippen LogP contribution is -2.42. The first-order chi connectivity index (χ1) is 9.54. The molecule has 1 fully saturated rings. The summed E-state index contributed by atoms with van der Waals surface area (Å²) in [6.07, 6.45) is 2.04. The molecule has 0 aliphatic carbocycles. The van der Waals surface area contributed by atoms with Crippen molar-refractivity contribution in [2.45, 2.75) is 19.8 Å². The molecule has 21 heavy (non-hydrogen) atoms. The molecule has 0 radical (unpaired) electrons. The average Bonchev–Trinajstić information content (AvgIpc) is 2.45. The monoisotopic (exact) mass is 316 g/mol. The number of amides is 1. The third-order valence-corrected chi connectivity index (χ3v) is 3.89. The highest BCUT2D eigenvalue weighted by Gasteiger charge is 2.27. The van der Waals surface area contributed by atoms with Crippen molar-refractivity contribution in [3.63, 3.8) is 0 Å². The van der Waals surface area contributed by atoms with Gasteiger partial charge in [0.2, 0.25) is 0 Å². The predicted molar refractivity (Wildman–Crippen MR) is 82.7 cm³/mol. The van der Waals surface area contributed by atoms with Crippen LogP contribution in [0.15, 0.2) is 18.2 Å². The van der Waals surface area contributed by atoms with E-state index >= 15 is 0 Å². The summed E-state index contributed by atoms with van der Waals surface area (Å²) in [5.74, 6) is -0.343. The fourth-order valence-corrected chi connectivity index (χ4v) is 2.45. The van der Waals surface area contributed by atoms with E-state index in [-0.39, 0.29) is 29.3 Å². The molecule has 4 nitrogen and oxygen atoms in total. The van der Waals surface area contributed by atoms with Gasteiger partial charge in [0.15, 0.2) is 0 Å². The van der Waals surface area contributed by atoms with Crippen LogP contribution in [0, 0.1) is 11.2 Å². The number of ether oxygens (including phenoxy) is 1. The van der Waals surface area contributed by atoms with Crippen LogP contribution in [-0.4, -0.2) is 32.7 Å². The molecule has 2 N–H and O–H groups in total. The number of hydrogen-bond donors (Lipinski definition) is 2. The molecule has 0 atom stereocenters. The minimum atomic E-state index is -0.441. The Morgan fingerprint density at radius 1 is 1.43 bits per heavy atom. The molecule has 1 aromatic carbocycles. The standard InChI is InChI=1S/C15H21FN2O2.ClH/c1-15(5-7-17-8-6-15)10-18-14(19)12-9-11(16)3-4-13(12)20-2;/h3-4,9,17H,5-8,10H2,1-2H3,(H,18,19);1H. The van der Waals surface area contributed by atoms with Gasteiger partial charge < -0.3 is 15.4 Å². The lowest BCUT2D eigenvalue weighted by molar-refractivity contribution is 0.0918. The molecule has 1 amide bonds. The van der Waals surface area contributed by atoms with Gasteiger partial charge in [0, 0.05) is 6.54 Å². The Bertz CT molecular complexity index is 491. The smallest absolute Gasteiger partial charge is 0.255 e. The van der Waals surface area contributed by atoms with Gasteiger partial charge in [0.25, 0.3) is 5.91 Å². The third kappa shape index (κ3) is 4.58. The van der Waals surface area contributed by atoms with Gasteiger partial charge in [-0.05, 0) is 49.5 Å². The lowest BCUT2D eigenvalue weighted by atomic mass is 9.81. The Kier molecular flexibility index (Phi) is 6.42. The van der Waals surface area contributed by atoms with Crippen LogP contribution >= 0.6 is 12.4 Å². The van der Waals surface area contributed by atoms with Crippen molar-refractivity contribution in [1.82, 2.24) is 10.6 Å². The van der Waals surface area contributed by atoms with Crippen molar-refractivity contribution in [1.29, 1.82) is 0 Å². The normalized spacial score (nSPS) is 16.7. The molecule has 0 unspecified atom stereocenters. The molecule has 118 valence electrons. The maximum Gasteiger partial charge on any atom is 0.255 e. The predicted octanol–water partition coefficient (Wildman–Crippen LogP) is 2.38. The second-order valence-electron chi connectivity index (χ2n) is 5.59. The zero-order valence-electron chi connectivity index (χ0n) is 12.4. The van der Waals surface area contributed by atoms with Gasteiger partial charge in [-0.3, -0.25) is 4.79 Å². The summed E-state index contributed by atoms with van der Waals surface area (Å²) >= 11 is 0. The van der Waals surface area contributed by atoms with Gasteiger partial charge >= 0.3 is 0 Å². The fraction of sp³-hybridized carbons (Fsp3) is 0.533. The highest BCUT2D eigenvalue weighted by atomic mass is 35.5. The van der Waals surface area contributed by atoms with Gasteiger partial charge in [-0.1, -0.05) is 6.92 Å². The van der Waals surface area contributed by atoms with Gasteiger partial charge in [0.1, 0.15) is 11.6 Å². The van der Waals surface area contributed by atoms with Crippen LogP contribution in [0.5, 0.6) is 5.75 Å². The number of piperidine rings is 1. The van der Waals surface area contributed by atoms with E-state index in [2.05, 4.69) is 17.6 Å². The quantitative estimate of drug-likeness (QED) is 0.896. The van der Waals surface area contributed by atoms with E-state index in [1.165, 1.54) is 25.3 Å². The first-order valence-corrected chi connectivity index (χ1v) is 6.86. The van der Waals surface area contributed by atoms with Crippen LogP contribution in [0.25, 0.3) is 0 Å². The largest absolute Gasteiger partial charge is 0.496 e. The summed E-state index contributed by atoms with van der Waals surface area (Å²) in [6.45, 7) is 4.69. The zero-order valence-corrected chi connectivity index (χ0v) is 13.2. The summed E-state index contributed by atoms with van der Waals surface area (Å²) in [4.78, 5) is 12.2. The van der Waals surface area contributed by atoms with Gasteiger partial charge in [0.05, 0.1) is 12.7 Å². The van der Waals surface area contributed by atoms with E-state index in [0.29, 0.717) is 12.3 Å². The van der Waals surface area contributed by atoms with Crippen LogP contribution in [0.1, 0.15) is 30.1 Å². The first kappa shape index (κ1) is 17.7. The second-order valence-corrected chi connectivity index (χ2v) is 5.59. The van der Waals surface area contributed by atoms with E-state index in [4.69, 9.17) is 4.74 Å². The molecular weight excluding hydrogens is 295 g/mol. The maximum absolute atomic E-state index is 13.3. The summed E-state index contributed by atoms with van der Waals surface area (Å²) in [7, 11) is 1.47. The highest BCUT2D eigenvalue weighted by Crippen LogP contribution is 2.27. The Hall–Kier alpha value is -1.33. The average molecular weight is 317 g/mol. The number of benzene rings is 1. The van der Waals surface area contributed by atoms with Crippen LogP contribution < -0.4 is 15.4 Å². The molecule has 2 rings (SSSR count). The molecule has 1 saturated heterocycles. The number of carbonyl (C=O) groups is 1. The number of methoxy groups -OCH3 is 1. The lowest BCUT2D eigenvalue weighted by Gasteiger charge is -2.34. The third-order valence-electron chi connectivity index (χ3n) is 3.89. The van der Waals surface area contributed by atoms with Gasteiger partial charge in [-0.25, -0.2) is 4.39 Å². The minimum absolute atomic E-state index is 0. The molecule has 6 heteroatoms. The Morgan fingerprint density at radius 2 is 2.10 bits per heavy atom. The number of nitrogens with one attached hydrogen (secondary N) is 2. The van der Waals surface area contributed by atoms with Crippen molar-refractivity contribution in [2.75, 3.05) is 26.7 Å². The minimum Gasteiger partial charge on any atom is -0.496 e. The van der Waals surface area contributed by atoms with E-state index in [1.54, 1.807) is 0 Å². The molecule has 1 heterocycles. The fourth-order valence-electron chi connectivity index (χ4n) is 2.45. The summed E-state index contributed by atoms with van der Waals surface area (Å²) < 4.78 is 18.4. The van der Waals surface area contributed by atoms with Crippen LogP contribution in [0.4, 0.5) is 4.39 Å². The van der Waals surface area contributed by atoms with Gasteiger partial charge in [-0.2, -0.15) is 0 Å². The molecule has 1 aliphatic heterocycles. The van der Waals surface area contributed by atoms with Crippen molar-refractivity contribution >= 4 is 18.3 Å². The van der Waals surface area contributed by atoms with Crippen molar-refractivity contribution in [2.24, 2.45) is 5.41 Å². The molecule has 1 aliphatic rings. The maximum atomic E-state index is 13.3. The Balaban J connectivity index is 0.00000220. The van der Waals surface area contributed by atoms with Crippen LogP contribution in [-0.2, 0) is 0 Å². The Morgan fingerprint density at radius 3 is 2.71 bits per heavy atom. The summed E-state index contributed by atoms with van der Waals surface area (Å²) in [5.41, 5.74) is 0.339. The molecule has 0 spiro atoms. The summed E-state index contributed by atoms with van der Waals surface area (Å²) in [5, 5.41) is 6.20. The number of carbonyl (C=O) groups excluding carboxylic acids is 1. The molecular formula is C15H22ClFN2O2. The highest BCUT2D eigenvalue weighted by molar-refractivity contribution is 5.96. The van der Waals surface area contributed by atoms with E-state index in [1.807, 2.05) is 0 Å². The summed E-state index contributed by atoms with van der Waals surface area (Å²) in [6, 6.07) is 3.96. The van der Waals surface area contributed by atoms with Gasteiger partial charge in [-0.15, -0.1) is 12.4 Å². The number of rotatable bonds is 4. The first-order valence-electron chi connectivity index (χ1n) is 6.86. The van der Waals surface area contributed by atoms with Crippen LogP contribution in [0.3, 0.4) is 0 Å². The van der Waals surface area contributed by atoms with E-state index in [0.717, 1.165) is 25.9 Å². The van der Waals surface area contributed by atoms with Crippen LogP contribution in [0.2, 0.25) is 0 Å². The number of hydrogen-bond acceptors (Lipinski definition) is 3. The molecule has 0 saturated carbocycles. The second kappa shape index (κ2) is 7.61. The topological polar surface area (TPSA) is 50.4 Å². The SMILES string of the molecule is COc1ccc(F)cc1C(=O)NCC1(C)CCNCC1.Cl. The zero-order chi connectivity index (χ0) is 14.6. The van der Waals surface area contributed by atoms with E-state index in [9.17, 15) is 9.18 Å². The Labute approximate surface area is 130 Å². The van der Waals surface area contributed by atoms with Crippen molar-refractivity contribution in [3.8, 4) is 5.75 Å². The number of halogens is 2. The molecule has 0 bridgehead atoms. The van der Waals surface area contributed by atoms with E-state index < -0.39 is 5.82 Å². The van der Waals surface area contributed by atoms with Crippen molar-refractivity contribution in [3.05, 3.63) is 29.6 Å². The molecule has 0 aromatic heterocycles. The van der Waals surface area contributed by atoms with Crippen molar-refractivity contribution < 1.29 is 13.9 Å².